The summed E-state index contributed by atoms with van der Waals surface area (Å²) in [6.45, 7) is 3.63. The molecular weight excluding hydrogens is 342 g/mol. The molecule has 2 heterocycles. The highest BCUT2D eigenvalue weighted by molar-refractivity contribution is 7.92. The molecule has 1 fully saturated rings. The number of anilines is 2. The number of ether oxygens (including phenoxy) is 1. The van der Waals surface area contributed by atoms with Crippen molar-refractivity contribution in [1.29, 1.82) is 0 Å². The van der Waals surface area contributed by atoms with Crippen molar-refractivity contribution < 1.29 is 13.2 Å². The van der Waals surface area contributed by atoms with Crippen LogP contribution >= 0.6 is 0 Å². The van der Waals surface area contributed by atoms with Gasteiger partial charge < -0.3 is 19.1 Å². The van der Waals surface area contributed by atoms with E-state index in [1.54, 1.807) is 30.9 Å². The van der Waals surface area contributed by atoms with E-state index in [0.29, 0.717) is 5.69 Å². The summed E-state index contributed by atoms with van der Waals surface area (Å²) >= 11 is 0. The predicted molar refractivity (Wildman–Crippen MR) is 96.7 cm³/mol. The second-order valence-corrected chi connectivity index (χ2v) is 7.79. The molecule has 0 amide bonds. The van der Waals surface area contributed by atoms with Crippen LogP contribution in [0.2, 0.25) is 0 Å². The average molecular weight is 365 g/mol. The highest BCUT2D eigenvalue weighted by Gasteiger charge is 2.21. The van der Waals surface area contributed by atoms with E-state index in [-0.39, 0.29) is 5.03 Å². The maximum Gasteiger partial charge on any atom is 0.280 e. The van der Waals surface area contributed by atoms with Gasteiger partial charge >= 0.3 is 0 Å². The van der Waals surface area contributed by atoms with Crippen molar-refractivity contribution >= 4 is 21.4 Å². The summed E-state index contributed by atoms with van der Waals surface area (Å²) in [6.07, 6.45) is 2.92. The second-order valence-electron chi connectivity index (χ2n) is 6.16. The normalized spacial score (nSPS) is 16.0. The fourth-order valence-corrected chi connectivity index (χ4v) is 3.82. The zero-order valence-electron chi connectivity index (χ0n) is 14.6. The molecule has 9 heteroatoms. The van der Waals surface area contributed by atoms with Gasteiger partial charge in [-0.05, 0) is 25.2 Å². The predicted octanol–water partition coefficient (Wildman–Crippen LogP) is 0.981. The van der Waals surface area contributed by atoms with Crippen LogP contribution in [-0.2, 0) is 17.1 Å². The molecule has 0 atom stereocenters. The van der Waals surface area contributed by atoms with Crippen LogP contribution in [0.3, 0.4) is 0 Å². The summed E-state index contributed by atoms with van der Waals surface area (Å²) in [5, 5.41) is -0.00744. The third-order valence-corrected chi connectivity index (χ3v) is 5.50. The number of nitrogens with one attached hydrogen (secondary N) is 1. The van der Waals surface area contributed by atoms with Crippen LogP contribution in [-0.4, -0.2) is 63.2 Å². The van der Waals surface area contributed by atoms with Crippen molar-refractivity contribution in [3.05, 3.63) is 30.7 Å². The van der Waals surface area contributed by atoms with E-state index in [1.807, 2.05) is 6.07 Å². The Labute approximate surface area is 148 Å². The number of sulfonamides is 1. The van der Waals surface area contributed by atoms with Gasteiger partial charge in [0.25, 0.3) is 10.0 Å². The molecule has 0 bridgehead atoms. The molecule has 1 aliphatic heterocycles. The third kappa shape index (κ3) is 3.88. The Morgan fingerprint density at radius 1 is 1.16 bits per heavy atom. The summed E-state index contributed by atoms with van der Waals surface area (Å²) < 4.78 is 34.6. The van der Waals surface area contributed by atoms with Gasteiger partial charge in [-0.15, -0.1) is 0 Å². The number of methoxy groups -OCH3 is 1. The Hall–Kier alpha value is -2.26. The topological polar surface area (TPSA) is 79.7 Å². The fourth-order valence-electron chi connectivity index (χ4n) is 2.78. The number of piperazine rings is 1. The van der Waals surface area contributed by atoms with Crippen LogP contribution in [0.5, 0.6) is 5.75 Å². The number of benzene rings is 1. The SMILES string of the molecule is COc1ccc(NS(=O)(=O)c2cn(C)cn2)cc1N1CCN(C)CC1. The van der Waals surface area contributed by atoms with E-state index in [4.69, 9.17) is 4.74 Å². The van der Waals surface area contributed by atoms with Gasteiger partial charge in [0.1, 0.15) is 5.75 Å². The molecule has 0 spiro atoms. The van der Waals surface area contributed by atoms with Crippen molar-refractivity contribution in [2.24, 2.45) is 7.05 Å². The van der Waals surface area contributed by atoms with Gasteiger partial charge in [0.05, 0.1) is 24.8 Å². The molecule has 1 N–H and O–H groups in total. The second kappa shape index (κ2) is 6.93. The van der Waals surface area contributed by atoms with E-state index in [0.717, 1.165) is 37.6 Å². The Morgan fingerprint density at radius 3 is 2.48 bits per heavy atom. The van der Waals surface area contributed by atoms with Gasteiger partial charge in [0.2, 0.25) is 0 Å². The van der Waals surface area contributed by atoms with Gasteiger partial charge in [-0.3, -0.25) is 4.72 Å². The van der Waals surface area contributed by atoms with Crippen molar-refractivity contribution in [2.45, 2.75) is 5.03 Å². The maximum atomic E-state index is 12.5. The molecule has 136 valence electrons. The van der Waals surface area contributed by atoms with Gasteiger partial charge in [-0.1, -0.05) is 0 Å². The lowest BCUT2D eigenvalue weighted by Gasteiger charge is -2.34. The summed E-state index contributed by atoms with van der Waals surface area (Å²) in [7, 11) is 1.72. The largest absolute Gasteiger partial charge is 0.495 e. The van der Waals surface area contributed by atoms with Crippen LogP contribution in [0, 0.1) is 0 Å². The molecule has 25 heavy (non-hydrogen) atoms. The Kier molecular flexibility index (Phi) is 4.87. The smallest absolute Gasteiger partial charge is 0.280 e. The molecule has 3 rings (SSSR count). The highest BCUT2D eigenvalue weighted by atomic mass is 32.2. The van der Waals surface area contributed by atoms with Crippen LogP contribution in [0.25, 0.3) is 0 Å². The van der Waals surface area contributed by atoms with Crippen LogP contribution in [0.15, 0.2) is 35.7 Å². The molecule has 2 aromatic rings. The van der Waals surface area contributed by atoms with Gasteiger partial charge in [-0.25, -0.2) is 4.98 Å². The lowest BCUT2D eigenvalue weighted by atomic mass is 10.2. The Bertz CT molecular complexity index is 841. The first-order chi connectivity index (χ1) is 11.9. The molecule has 8 nitrogen and oxygen atoms in total. The van der Waals surface area contributed by atoms with Crippen LogP contribution in [0.1, 0.15) is 0 Å². The number of imidazole rings is 1. The summed E-state index contributed by atoms with van der Waals surface area (Å²) in [6, 6.07) is 5.29. The van der Waals surface area contributed by atoms with Gasteiger partial charge in [0, 0.05) is 39.4 Å². The number of likely N-dealkylation sites (N-methyl/N-ethyl adjacent to an activating group) is 1. The number of nitrogens with zero attached hydrogens (tertiary/aromatic N) is 4. The van der Waals surface area contributed by atoms with Crippen molar-refractivity contribution in [1.82, 2.24) is 14.5 Å². The molecule has 1 aliphatic rings. The molecule has 1 aromatic heterocycles. The zero-order chi connectivity index (χ0) is 18.0. The van der Waals surface area contributed by atoms with E-state index < -0.39 is 10.0 Å². The molecule has 0 aliphatic carbocycles. The maximum absolute atomic E-state index is 12.5. The molecule has 1 saturated heterocycles. The molecule has 0 unspecified atom stereocenters. The summed E-state index contributed by atoms with van der Waals surface area (Å²) in [4.78, 5) is 8.38. The number of rotatable bonds is 5. The van der Waals surface area contributed by atoms with Crippen molar-refractivity contribution in [3.63, 3.8) is 0 Å². The van der Waals surface area contributed by atoms with Crippen molar-refractivity contribution in [2.75, 3.05) is 50.0 Å². The third-order valence-electron chi connectivity index (χ3n) is 4.23. The van der Waals surface area contributed by atoms with E-state index in [9.17, 15) is 8.42 Å². The standard InChI is InChI=1S/C16H23N5O3S/c1-19-6-8-21(9-7-19)14-10-13(4-5-15(14)24-3)18-25(22,23)16-11-20(2)12-17-16/h4-5,10-12,18H,6-9H2,1-3H3. The first kappa shape index (κ1) is 17.6. The monoisotopic (exact) mass is 365 g/mol. The quantitative estimate of drug-likeness (QED) is 0.851. The first-order valence-corrected chi connectivity index (χ1v) is 9.49. The summed E-state index contributed by atoms with van der Waals surface area (Å²) in [5.41, 5.74) is 1.37. The van der Waals surface area contributed by atoms with E-state index >= 15 is 0 Å². The Balaban J connectivity index is 1.86. The van der Waals surface area contributed by atoms with E-state index in [1.165, 1.54) is 12.5 Å². The lowest BCUT2D eigenvalue weighted by molar-refractivity contribution is 0.311. The minimum atomic E-state index is -3.72. The number of hydrogen-bond donors (Lipinski definition) is 1. The first-order valence-electron chi connectivity index (χ1n) is 8.01. The molecule has 0 saturated carbocycles. The van der Waals surface area contributed by atoms with E-state index in [2.05, 4.69) is 26.6 Å². The molecule has 1 aromatic carbocycles. The molecular formula is C16H23N5O3S. The number of hydrogen-bond acceptors (Lipinski definition) is 6. The van der Waals surface area contributed by atoms with Crippen LogP contribution < -0.4 is 14.4 Å². The minimum absolute atomic E-state index is 0.00744. The van der Waals surface area contributed by atoms with Crippen molar-refractivity contribution in [3.8, 4) is 5.75 Å². The highest BCUT2D eigenvalue weighted by Crippen LogP contribution is 2.32. The molecule has 0 radical (unpaired) electrons. The van der Waals surface area contributed by atoms with Crippen LogP contribution in [0.4, 0.5) is 11.4 Å². The Morgan fingerprint density at radius 2 is 1.88 bits per heavy atom. The summed E-state index contributed by atoms with van der Waals surface area (Å²) in [5.74, 6) is 0.727. The fraction of sp³-hybridized carbons (Fsp3) is 0.438. The lowest BCUT2D eigenvalue weighted by Crippen LogP contribution is -2.44. The zero-order valence-corrected chi connectivity index (χ0v) is 15.5. The number of aryl methyl sites for hydroxylation is 1. The average Bonchev–Trinajstić information content (AvgIpc) is 3.03. The minimum Gasteiger partial charge on any atom is -0.495 e. The number of aromatic nitrogens is 2. The van der Waals surface area contributed by atoms with Gasteiger partial charge in [-0.2, -0.15) is 8.42 Å². The van der Waals surface area contributed by atoms with Gasteiger partial charge in [0.15, 0.2) is 5.03 Å².